The zero-order valence-corrected chi connectivity index (χ0v) is 9.72. The van der Waals surface area contributed by atoms with Gasteiger partial charge in [0.2, 0.25) is 0 Å². The average Bonchev–Trinajstić information content (AvgIpc) is 1.97. The molecule has 13 heavy (non-hydrogen) atoms. The van der Waals surface area contributed by atoms with Crippen molar-refractivity contribution < 1.29 is 5.11 Å². The van der Waals surface area contributed by atoms with Gasteiger partial charge in [-0.15, -0.1) is 0 Å². The van der Waals surface area contributed by atoms with Gasteiger partial charge in [-0.1, -0.05) is 39.3 Å². The molecule has 1 atom stereocenters. The summed E-state index contributed by atoms with van der Waals surface area (Å²) in [6, 6.07) is 0. The van der Waals surface area contributed by atoms with E-state index in [1.807, 2.05) is 6.92 Å². The van der Waals surface area contributed by atoms with Gasteiger partial charge in [0.25, 0.3) is 0 Å². The van der Waals surface area contributed by atoms with Crippen LogP contribution in [0.25, 0.3) is 0 Å². The second-order valence-electron chi connectivity index (χ2n) is 5.31. The zero-order valence-electron chi connectivity index (χ0n) is 9.72. The molecule has 0 bridgehead atoms. The van der Waals surface area contributed by atoms with E-state index in [0.29, 0.717) is 11.3 Å². The first-order chi connectivity index (χ1) is 5.85. The SMILES string of the molecule is CC(=CCC(C)CC(C)(C)C)CO. The molecule has 0 saturated heterocycles. The van der Waals surface area contributed by atoms with E-state index in [-0.39, 0.29) is 6.61 Å². The molecule has 0 aromatic carbocycles. The molecule has 0 aliphatic carbocycles. The van der Waals surface area contributed by atoms with Crippen molar-refractivity contribution in [3.8, 4) is 0 Å². The Balaban J connectivity index is 3.82. The molecule has 0 aromatic rings. The molecule has 0 aliphatic rings. The highest BCUT2D eigenvalue weighted by Crippen LogP contribution is 2.26. The van der Waals surface area contributed by atoms with E-state index in [4.69, 9.17) is 5.11 Å². The fourth-order valence-electron chi connectivity index (χ4n) is 1.60. The van der Waals surface area contributed by atoms with Crippen LogP contribution in [0.3, 0.4) is 0 Å². The topological polar surface area (TPSA) is 20.2 Å². The Kier molecular flexibility index (Phi) is 5.31. The molecule has 0 heterocycles. The monoisotopic (exact) mass is 184 g/mol. The van der Waals surface area contributed by atoms with Crippen LogP contribution in [-0.4, -0.2) is 11.7 Å². The van der Waals surface area contributed by atoms with E-state index < -0.39 is 0 Å². The van der Waals surface area contributed by atoms with Crippen LogP contribution in [0.2, 0.25) is 0 Å². The summed E-state index contributed by atoms with van der Waals surface area (Å²) in [5, 5.41) is 8.81. The molecule has 1 nitrogen and oxygen atoms in total. The maximum atomic E-state index is 8.81. The summed E-state index contributed by atoms with van der Waals surface area (Å²) in [5.41, 5.74) is 1.50. The molecule has 78 valence electrons. The summed E-state index contributed by atoms with van der Waals surface area (Å²) < 4.78 is 0. The Labute approximate surface area is 82.9 Å². The van der Waals surface area contributed by atoms with E-state index in [9.17, 15) is 0 Å². The van der Waals surface area contributed by atoms with Crippen molar-refractivity contribution in [2.75, 3.05) is 6.61 Å². The number of hydrogen-bond acceptors (Lipinski definition) is 1. The quantitative estimate of drug-likeness (QED) is 0.664. The molecule has 0 fully saturated rings. The van der Waals surface area contributed by atoms with Crippen LogP contribution in [0.1, 0.15) is 47.5 Å². The van der Waals surface area contributed by atoms with Gasteiger partial charge in [0.15, 0.2) is 0 Å². The number of hydrogen-bond donors (Lipinski definition) is 1. The summed E-state index contributed by atoms with van der Waals surface area (Å²) >= 11 is 0. The van der Waals surface area contributed by atoms with Crippen molar-refractivity contribution in [3.63, 3.8) is 0 Å². The largest absolute Gasteiger partial charge is 0.392 e. The molecular weight excluding hydrogens is 160 g/mol. The normalized spacial score (nSPS) is 16.0. The number of aliphatic hydroxyl groups excluding tert-OH is 1. The molecule has 1 unspecified atom stereocenters. The van der Waals surface area contributed by atoms with Crippen LogP contribution < -0.4 is 0 Å². The molecule has 1 heteroatoms. The van der Waals surface area contributed by atoms with Crippen molar-refractivity contribution in [2.45, 2.75) is 47.5 Å². The van der Waals surface area contributed by atoms with Crippen LogP contribution in [0.15, 0.2) is 11.6 Å². The van der Waals surface area contributed by atoms with Crippen LogP contribution >= 0.6 is 0 Å². The molecule has 0 amide bonds. The number of aliphatic hydroxyl groups is 1. The van der Waals surface area contributed by atoms with Gasteiger partial charge in [0.1, 0.15) is 0 Å². The number of allylic oxidation sites excluding steroid dienone is 1. The highest BCUT2D eigenvalue weighted by Gasteiger charge is 2.14. The van der Waals surface area contributed by atoms with E-state index in [1.165, 1.54) is 6.42 Å². The Morgan fingerprint density at radius 2 is 1.92 bits per heavy atom. The summed E-state index contributed by atoms with van der Waals surface area (Å²) in [6.07, 6.45) is 4.47. The van der Waals surface area contributed by atoms with E-state index >= 15 is 0 Å². The van der Waals surface area contributed by atoms with Crippen molar-refractivity contribution in [3.05, 3.63) is 11.6 Å². The van der Waals surface area contributed by atoms with Crippen molar-refractivity contribution in [1.29, 1.82) is 0 Å². The highest BCUT2D eigenvalue weighted by molar-refractivity contribution is 4.98. The third-order valence-corrected chi connectivity index (χ3v) is 2.08. The predicted molar refractivity (Wildman–Crippen MR) is 58.7 cm³/mol. The molecular formula is C12H24O. The van der Waals surface area contributed by atoms with E-state index in [0.717, 1.165) is 12.0 Å². The average molecular weight is 184 g/mol. The first-order valence-corrected chi connectivity index (χ1v) is 5.11. The summed E-state index contributed by atoms with van der Waals surface area (Å²) in [6.45, 7) is 11.3. The van der Waals surface area contributed by atoms with Crippen molar-refractivity contribution >= 4 is 0 Å². The maximum Gasteiger partial charge on any atom is 0.0639 e. The lowest BCUT2D eigenvalue weighted by Crippen LogP contribution is -2.10. The minimum atomic E-state index is 0.197. The lowest BCUT2D eigenvalue weighted by Gasteiger charge is -2.22. The van der Waals surface area contributed by atoms with Gasteiger partial charge in [0.05, 0.1) is 6.61 Å². The van der Waals surface area contributed by atoms with Crippen LogP contribution in [-0.2, 0) is 0 Å². The van der Waals surface area contributed by atoms with Gasteiger partial charge in [-0.3, -0.25) is 0 Å². The fourth-order valence-corrected chi connectivity index (χ4v) is 1.60. The zero-order chi connectivity index (χ0) is 10.5. The van der Waals surface area contributed by atoms with Gasteiger partial charge in [-0.2, -0.15) is 0 Å². The van der Waals surface area contributed by atoms with Crippen LogP contribution in [0.5, 0.6) is 0 Å². The molecule has 0 saturated carbocycles. The first kappa shape index (κ1) is 12.7. The number of rotatable bonds is 4. The van der Waals surface area contributed by atoms with Gasteiger partial charge in [-0.25, -0.2) is 0 Å². The molecule has 0 aliphatic heterocycles. The lowest BCUT2D eigenvalue weighted by atomic mass is 9.84. The summed E-state index contributed by atoms with van der Waals surface area (Å²) in [5.74, 6) is 0.710. The van der Waals surface area contributed by atoms with Crippen LogP contribution in [0.4, 0.5) is 0 Å². The second kappa shape index (κ2) is 5.43. The van der Waals surface area contributed by atoms with Gasteiger partial charge >= 0.3 is 0 Å². The fraction of sp³-hybridized carbons (Fsp3) is 0.833. The minimum absolute atomic E-state index is 0.197. The first-order valence-electron chi connectivity index (χ1n) is 5.11. The maximum absolute atomic E-state index is 8.81. The Morgan fingerprint density at radius 1 is 1.38 bits per heavy atom. The van der Waals surface area contributed by atoms with E-state index in [1.54, 1.807) is 0 Å². The third-order valence-electron chi connectivity index (χ3n) is 2.08. The van der Waals surface area contributed by atoms with Gasteiger partial charge in [0, 0.05) is 0 Å². The van der Waals surface area contributed by atoms with Gasteiger partial charge in [-0.05, 0) is 31.1 Å². The van der Waals surface area contributed by atoms with Crippen molar-refractivity contribution in [2.24, 2.45) is 11.3 Å². The van der Waals surface area contributed by atoms with Crippen LogP contribution in [0, 0.1) is 11.3 Å². The predicted octanol–water partition coefficient (Wildman–Crippen LogP) is 3.39. The highest BCUT2D eigenvalue weighted by atomic mass is 16.3. The Morgan fingerprint density at radius 3 is 2.31 bits per heavy atom. The minimum Gasteiger partial charge on any atom is -0.392 e. The molecule has 0 radical (unpaired) electrons. The van der Waals surface area contributed by atoms with E-state index in [2.05, 4.69) is 33.8 Å². The third kappa shape index (κ3) is 8.04. The molecule has 1 N–H and O–H groups in total. The molecule has 0 rings (SSSR count). The lowest BCUT2D eigenvalue weighted by molar-refractivity contribution is 0.306. The second-order valence-corrected chi connectivity index (χ2v) is 5.31. The standard InChI is InChI=1S/C12H24O/c1-10(8-12(3,4)5)6-7-11(2)9-13/h7,10,13H,6,8-9H2,1-5H3. The molecule has 0 spiro atoms. The van der Waals surface area contributed by atoms with Gasteiger partial charge < -0.3 is 5.11 Å². The Hall–Kier alpha value is -0.300. The smallest absolute Gasteiger partial charge is 0.0639 e. The summed E-state index contributed by atoms with van der Waals surface area (Å²) in [4.78, 5) is 0. The summed E-state index contributed by atoms with van der Waals surface area (Å²) in [7, 11) is 0. The van der Waals surface area contributed by atoms with Crippen molar-refractivity contribution in [1.82, 2.24) is 0 Å². The molecule has 0 aromatic heterocycles. The Bertz CT molecular complexity index is 162.